The van der Waals surface area contributed by atoms with Gasteiger partial charge in [-0.3, -0.25) is 9.67 Å². The second-order valence-corrected chi connectivity index (χ2v) is 7.30. The predicted molar refractivity (Wildman–Crippen MR) is 91.6 cm³/mol. The average Bonchev–Trinajstić information content (AvgIpc) is 3.00. The molecule has 0 bridgehead atoms. The quantitative estimate of drug-likeness (QED) is 0.772. The normalized spacial score (nSPS) is 11.6. The van der Waals surface area contributed by atoms with Gasteiger partial charge in [-0.15, -0.1) is 0 Å². The first-order chi connectivity index (χ1) is 11.5. The Morgan fingerprint density at radius 3 is 2.42 bits per heavy atom. The van der Waals surface area contributed by atoms with Crippen LogP contribution in [0.4, 0.5) is 0 Å². The number of benzene rings is 1. The highest BCUT2D eigenvalue weighted by molar-refractivity contribution is 7.89. The molecule has 3 rings (SSSR count). The van der Waals surface area contributed by atoms with Crippen molar-refractivity contribution in [2.75, 3.05) is 0 Å². The number of nitrogens with zero attached hydrogens (tertiary/aromatic N) is 3. The number of hydrogen-bond acceptors (Lipinski definition) is 4. The molecule has 0 atom stereocenters. The summed E-state index contributed by atoms with van der Waals surface area (Å²) in [6.07, 6.45) is 3.38. The fourth-order valence-electron chi connectivity index (χ4n) is 2.28. The van der Waals surface area contributed by atoms with Gasteiger partial charge in [0.2, 0.25) is 10.0 Å². The molecule has 0 aliphatic heterocycles. The van der Waals surface area contributed by atoms with Gasteiger partial charge in [-0.2, -0.15) is 5.10 Å². The first-order valence-electron chi connectivity index (χ1n) is 7.45. The van der Waals surface area contributed by atoms with Crippen LogP contribution >= 0.6 is 0 Å². The van der Waals surface area contributed by atoms with E-state index >= 15 is 0 Å². The first-order valence-corrected chi connectivity index (χ1v) is 8.94. The molecule has 0 radical (unpaired) electrons. The lowest BCUT2D eigenvalue weighted by Gasteiger charge is -2.08. The Morgan fingerprint density at radius 1 is 1.08 bits per heavy atom. The molecule has 0 amide bonds. The van der Waals surface area contributed by atoms with Crippen LogP contribution in [0, 0.1) is 6.92 Å². The topological polar surface area (TPSA) is 76.9 Å². The lowest BCUT2D eigenvalue weighted by molar-refractivity contribution is 0.581. The van der Waals surface area contributed by atoms with Gasteiger partial charge < -0.3 is 0 Å². The molecule has 24 heavy (non-hydrogen) atoms. The smallest absolute Gasteiger partial charge is 0.240 e. The number of hydrogen-bond donors (Lipinski definition) is 1. The molecule has 0 spiro atoms. The second kappa shape index (κ2) is 6.54. The van der Waals surface area contributed by atoms with Gasteiger partial charge in [-0.1, -0.05) is 23.8 Å². The van der Waals surface area contributed by atoms with Gasteiger partial charge in [0.1, 0.15) is 0 Å². The molecule has 3 aromatic rings. The van der Waals surface area contributed by atoms with Gasteiger partial charge in [-0.05, 0) is 36.8 Å². The maximum Gasteiger partial charge on any atom is 0.240 e. The molecule has 0 aliphatic carbocycles. The van der Waals surface area contributed by atoms with Crippen LogP contribution in [0.3, 0.4) is 0 Å². The molecule has 124 valence electrons. The van der Waals surface area contributed by atoms with E-state index in [0.717, 1.165) is 22.5 Å². The van der Waals surface area contributed by atoms with E-state index in [1.807, 2.05) is 32.2 Å². The zero-order valence-corrected chi connectivity index (χ0v) is 14.3. The van der Waals surface area contributed by atoms with Gasteiger partial charge in [-0.25, -0.2) is 13.1 Å². The fourth-order valence-corrected chi connectivity index (χ4v) is 3.30. The highest BCUT2D eigenvalue weighted by atomic mass is 32.2. The average molecular weight is 342 g/mol. The minimum atomic E-state index is -3.53. The molecule has 7 heteroatoms. The van der Waals surface area contributed by atoms with E-state index in [2.05, 4.69) is 14.8 Å². The molecule has 1 aromatic carbocycles. The highest BCUT2D eigenvalue weighted by Crippen LogP contribution is 2.16. The van der Waals surface area contributed by atoms with E-state index in [0.29, 0.717) is 0 Å². The monoisotopic (exact) mass is 342 g/mol. The first kappa shape index (κ1) is 16.4. The predicted octanol–water partition coefficient (Wildman–Crippen LogP) is 2.27. The Morgan fingerprint density at radius 2 is 1.83 bits per heavy atom. The molecule has 0 saturated carbocycles. The second-order valence-electron chi connectivity index (χ2n) is 5.53. The van der Waals surface area contributed by atoms with Crippen LogP contribution in [-0.4, -0.2) is 23.2 Å². The van der Waals surface area contributed by atoms with Crippen molar-refractivity contribution in [3.63, 3.8) is 0 Å². The van der Waals surface area contributed by atoms with Crippen LogP contribution in [-0.2, 0) is 23.6 Å². The summed E-state index contributed by atoms with van der Waals surface area (Å²) in [5, 5.41) is 4.11. The number of pyridine rings is 1. The maximum absolute atomic E-state index is 12.3. The van der Waals surface area contributed by atoms with Crippen molar-refractivity contribution in [1.82, 2.24) is 19.5 Å². The van der Waals surface area contributed by atoms with Crippen molar-refractivity contribution in [2.45, 2.75) is 18.4 Å². The maximum atomic E-state index is 12.3. The molecule has 2 heterocycles. The van der Waals surface area contributed by atoms with E-state index in [-0.39, 0.29) is 11.4 Å². The number of rotatable bonds is 5. The van der Waals surface area contributed by atoms with Gasteiger partial charge in [0.05, 0.1) is 16.3 Å². The summed E-state index contributed by atoms with van der Waals surface area (Å²) in [6, 6.07) is 12.3. The van der Waals surface area contributed by atoms with E-state index < -0.39 is 10.0 Å². The van der Waals surface area contributed by atoms with E-state index in [9.17, 15) is 8.42 Å². The van der Waals surface area contributed by atoms with Crippen LogP contribution in [0.2, 0.25) is 0 Å². The summed E-state index contributed by atoms with van der Waals surface area (Å²) in [7, 11) is -1.68. The molecule has 0 aliphatic rings. The van der Waals surface area contributed by atoms with Crippen LogP contribution in [0.5, 0.6) is 0 Å². The van der Waals surface area contributed by atoms with Gasteiger partial charge >= 0.3 is 0 Å². The van der Waals surface area contributed by atoms with Crippen molar-refractivity contribution in [3.8, 4) is 11.4 Å². The Bertz CT molecular complexity index is 929. The summed E-state index contributed by atoms with van der Waals surface area (Å²) in [6.45, 7) is 2.11. The van der Waals surface area contributed by atoms with Crippen molar-refractivity contribution < 1.29 is 8.42 Å². The van der Waals surface area contributed by atoms with Crippen molar-refractivity contribution in [3.05, 3.63) is 66.0 Å². The largest absolute Gasteiger partial charge is 0.266 e. The lowest BCUT2D eigenvalue weighted by Crippen LogP contribution is -2.23. The summed E-state index contributed by atoms with van der Waals surface area (Å²) in [5.74, 6) is 0. The standard InChI is InChI=1S/C17H18N4O2S/c1-13-3-6-15(7-4-13)24(22,23)20-12-14-5-8-16(18-11-14)17-9-10-19-21(17)2/h3-11,20H,12H2,1-2H3. The Kier molecular flexibility index (Phi) is 4.46. The molecule has 0 unspecified atom stereocenters. The Labute approximate surface area is 141 Å². The zero-order chi connectivity index (χ0) is 17.2. The van der Waals surface area contributed by atoms with Gasteiger partial charge in [0.15, 0.2) is 0 Å². The molecule has 0 fully saturated rings. The summed E-state index contributed by atoms with van der Waals surface area (Å²) >= 11 is 0. The van der Waals surface area contributed by atoms with Gasteiger partial charge in [0, 0.05) is 26.0 Å². The fraction of sp³-hybridized carbons (Fsp3) is 0.176. The van der Waals surface area contributed by atoms with Crippen LogP contribution in [0.25, 0.3) is 11.4 Å². The third kappa shape index (κ3) is 3.52. The van der Waals surface area contributed by atoms with Crippen molar-refractivity contribution in [2.24, 2.45) is 7.05 Å². The summed E-state index contributed by atoms with van der Waals surface area (Å²) in [4.78, 5) is 4.63. The van der Waals surface area contributed by atoms with E-state index in [1.165, 1.54) is 0 Å². The summed E-state index contributed by atoms with van der Waals surface area (Å²) in [5.41, 5.74) is 3.50. The SMILES string of the molecule is Cc1ccc(S(=O)(=O)NCc2ccc(-c3ccnn3C)nc2)cc1. The number of nitrogens with one attached hydrogen (secondary N) is 1. The van der Waals surface area contributed by atoms with Crippen molar-refractivity contribution in [1.29, 1.82) is 0 Å². The molecular formula is C17H18N4O2S. The minimum absolute atomic E-state index is 0.189. The minimum Gasteiger partial charge on any atom is -0.266 e. The van der Waals surface area contributed by atoms with Crippen molar-refractivity contribution >= 4 is 10.0 Å². The Hall–Kier alpha value is -2.51. The molecule has 6 nitrogen and oxygen atoms in total. The number of aryl methyl sites for hydroxylation is 2. The molecular weight excluding hydrogens is 324 g/mol. The summed E-state index contributed by atoms with van der Waals surface area (Å²) < 4.78 is 28.9. The van der Waals surface area contributed by atoms with Crippen LogP contribution in [0.1, 0.15) is 11.1 Å². The number of sulfonamides is 1. The highest BCUT2D eigenvalue weighted by Gasteiger charge is 2.13. The van der Waals surface area contributed by atoms with E-state index in [4.69, 9.17) is 0 Å². The van der Waals surface area contributed by atoms with Crippen LogP contribution < -0.4 is 4.72 Å². The van der Waals surface area contributed by atoms with Gasteiger partial charge in [0.25, 0.3) is 0 Å². The number of aromatic nitrogens is 3. The third-order valence-corrected chi connectivity index (χ3v) is 5.12. The third-order valence-electron chi connectivity index (χ3n) is 3.71. The van der Waals surface area contributed by atoms with E-state index in [1.54, 1.807) is 41.3 Å². The molecule has 0 saturated heterocycles. The molecule has 1 N–H and O–H groups in total. The zero-order valence-electron chi connectivity index (χ0n) is 13.5. The Balaban J connectivity index is 1.70. The molecule has 2 aromatic heterocycles. The van der Waals surface area contributed by atoms with Crippen LogP contribution in [0.15, 0.2) is 59.8 Å². The lowest BCUT2D eigenvalue weighted by atomic mass is 10.2.